The first-order chi connectivity index (χ1) is 16.1. The Labute approximate surface area is 199 Å². The predicted octanol–water partition coefficient (Wildman–Crippen LogP) is 3.67. The summed E-state index contributed by atoms with van der Waals surface area (Å²) in [6, 6.07) is 9.83. The van der Waals surface area contributed by atoms with Gasteiger partial charge in [-0.05, 0) is 74.1 Å². The second kappa shape index (κ2) is 11.1. The molecule has 0 unspecified atom stereocenters. The average molecular weight is 497 g/mol. The minimum absolute atomic E-state index is 0.0568. The quantitative estimate of drug-likeness (QED) is 0.573. The lowest BCUT2D eigenvalue weighted by molar-refractivity contribution is -0.126. The molecule has 10 heteroatoms. The molecule has 34 heavy (non-hydrogen) atoms. The van der Waals surface area contributed by atoms with Crippen LogP contribution in [0.15, 0.2) is 41.3 Å². The van der Waals surface area contributed by atoms with E-state index in [4.69, 9.17) is 4.74 Å². The van der Waals surface area contributed by atoms with Gasteiger partial charge in [-0.3, -0.25) is 4.79 Å². The maximum Gasteiger partial charge on any atom is 0.387 e. The van der Waals surface area contributed by atoms with E-state index < -0.39 is 16.6 Å². The molecule has 0 aromatic heterocycles. The number of hydrogen-bond acceptors (Lipinski definition) is 5. The number of nitrogens with one attached hydrogen (secondary N) is 1. The topological polar surface area (TPSA) is 84.9 Å². The second-order valence-electron chi connectivity index (χ2n) is 8.33. The molecule has 1 N–H and O–H groups in total. The molecular formula is C24H30F2N2O5S. The van der Waals surface area contributed by atoms with E-state index in [0.29, 0.717) is 31.4 Å². The standard InChI is InChI=1S/C24H30F2N2O5S/c1-16-4-6-20(14-17(16)2)34(30,31)28-12-9-19(10-13-28)23(29)27-11-8-18-5-7-21(32-3)22(15-18)33-24(25)26/h4-7,14-15,19,24H,8-13H2,1-3H3,(H,27,29). The summed E-state index contributed by atoms with van der Waals surface area (Å²) >= 11 is 0. The summed E-state index contributed by atoms with van der Waals surface area (Å²) in [6.45, 7) is 1.72. The van der Waals surface area contributed by atoms with E-state index in [2.05, 4.69) is 10.1 Å². The number of piperidine rings is 1. The second-order valence-corrected chi connectivity index (χ2v) is 10.3. The first-order valence-electron chi connectivity index (χ1n) is 11.1. The van der Waals surface area contributed by atoms with Crippen LogP contribution in [0.1, 0.15) is 29.5 Å². The highest BCUT2D eigenvalue weighted by Crippen LogP contribution is 2.30. The van der Waals surface area contributed by atoms with E-state index in [1.54, 1.807) is 30.3 Å². The van der Waals surface area contributed by atoms with Crippen LogP contribution < -0.4 is 14.8 Å². The number of sulfonamides is 1. The van der Waals surface area contributed by atoms with Gasteiger partial charge in [0.1, 0.15) is 0 Å². The molecule has 1 aliphatic heterocycles. The number of alkyl halides is 2. The molecule has 0 spiro atoms. The molecule has 7 nitrogen and oxygen atoms in total. The number of nitrogens with zero attached hydrogens (tertiary/aromatic N) is 1. The van der Waals surface area contributed by atoms with Crippen LogP contribution in [-0.2, 0) is 21.2 Å². The molecule has 1 fully saturated rings. The van der Waals surface area contributed by atoms with Gasteiger partial charge >= 0.3 is 6.61 Å². The van der Waals surface area contributed by atoms with Crippen molar-refractivity contribution in [3.05, 3.63) is 53.1 Å². The van der Waals surface area contributed by atoms with Crippen LogP contribution in [0.25, 0.3) is 0 Å². The number of rotatable bonds is 9. The van der Waals surface area contributed by atoms with Gasteiger partial charge in [0.05, 0.1) is 12.0 Å². The van der Waals surface area contributed by atoms with Gasteiger partial charge in [0.15, 0.2) is 11.5 Å². The van der Waals surface area contributed by atoms with Crippen LogP contribution in [-0.4, -0.2) is 52.0 Å². The Bertz CT molecular complexity index is 1120. The maximum absolute atomic E-state index is 13.0. The van der Waals surface area contributed by atoms with E-state index in [1.807, 2.05) is 13.8 Å². The van der Waals surface area contributed by atoms with Gasteiger partial charge in [-0.2, -0.15) is 13.1 Å². The van der Waals surface area contributed by atoms with Crippen molar-refractivity contribution in [2.45, 2.75) is 44.6 Å². The largest absolute Gasteiger partial charge is 0.493 e. The molecule has 1 saturated heterocycles. The molecule has 0 atom stereocenters. The fraction of sp³-hybridized carbons (Fsp3) is 0.458. The molecule has 0 radical (unpaired) electrons. The van der Waals surface area contributed by atoms with Crippen molar-refractivity contribution in [2.24, 2.45) is 5.92 Å². The summed E-state index contributed by atoms with van der Waals surface area (Å²) in [7, 11) is -2.23. The molecular weight excluding hydrogens is 466 g/mol. The Morgan fingerprint density at radius 3 is 2.41 bits per heavy atom. The van der Waals surface area contributed by atoms with E-state index in [-0.39, 0.29) is 41.3 Å². The van der Waals surface area contributed by atoms with Crippen LogP contribution in [0.2, 0.25) is 0 Å². The zero-order valence-corrected chi connectivity index (χ0v) is 20.3. The smallest absolute Gasteiger partial charge is 0.387 e. The summed E-state index contributed by atoms with van der Waals surface area (Å²) < 4.78 is 62.0. The van der Waals surface area contributed by atoms with E-state index in [0.717, 1.165) is 11.1 Å². The molecule has 0 bridgehead atoms. The van der Waals surface area contributed by atoms with Crippen molar-refractivity contribution < 1.29 is 31.5 Å². The Hall–Kier alpha value is -2.72. The van der Waals surface area contributed by atoms with Crippen LogP contribution in [0, 0.1) is 19.8 Å². The highest BCUT2D eigenvalue weighted by Gasteiger charge is 2.32. The first-order valence-corrected chi connectivity index (χ1v) is 12.5. The number of methoxy groups -OCH3 is 1. The predicted molar refractivity (Wildman–Crippen MR) is 124 cm³/mol. The summed E-state index contributed by atoms with van der Waals surface area (Å²) in [5.74, 6) is -0.269. The van der Waals surface area contributed by atoms with Crippen LogP contribution in [0.5, 0.6) is 11.5 Å². The molecule has 0 aliphatic carbocycles. The normalized spacial score (nSPS) is 15.4. The summed E-state index contributed by atoms with van der Waals surface area (Å²) in [6.07, 6.45) is 1.30. The van der Waals surface area contributed by atoms with Gasteiger partial charge in [-0.15, -0.1) is 0 Å². The van der Waals surface area contributed by atoms with Crippen LogP contribution in [0.3, 0.4) is 0 Å². The molecule has 186 valence electrons. The molecule has 1 heterocycles. The third-order valence-electron chi connectivity index (χ3n) is 6.10. The van der Waals surface area contributed by atoms with Crippen molar-refractivity contribution in [3.8, 4) is 11.5 Å². The Kier molecular flexibility index (Phi) is 8.48. The lowest BCUT2D eigenvalue weighted by atomic mass is 9.97. The number of ether oxygens (including phenoxy) is 2. The number of aryl methyl sites for hydroxylation is 2. The SMILES string of the molecule is COc1ccc(CCNC(=O)C2CCN(S(=O)(=O)c3ccc(C)c(C)c3)CC2)cc1OC(F)F. The van der Waals surface area contributed by atoms with Gasteiger partial charge in [-0.25, -0.2) is 8.42 Å². The van der Waals surface area contributed by atoms with Crippen LogP contribution >= 0.6 is 0 Å². The zero-order valence-electron chi connectivity index (χ0n) is 19.5. The number of benzene rings is 2. The van der Waals surface area contributed by atoms with Crippen LogP contribution in [0.4, 0.5) is 8.78 Å². The maximum atomic E-state index is 13.0. The summed E-state index contributed by atoms with van der Waals surface area (Å²) in [5.41, 5.74) is 2.66. The van der Waals surface area contributed by atoms with Gasteiger partial charge in [0.25, 0.3) is 0 Å². The van der Waals surface area contributed by atoms with Crippen molar-refractivity contribution in [2.75, 3.05) is 26.7 Å². The van der Waals surface area contributed by atoms with Crippen molar-refractivity contribution >= 4 is 15.9 Å². The Morgan fingerprint density at radius 2 is 1.79 bits per heavy atom. The number of carbonyl (C=O) groups excluding carboxylic acids is 1. The molecule has 2 aromatic rings. The third kappa shape index (κ3) is 6.24. The number of carbonyl (C=O) groups is 1. The van der Waals surface area contributed by atoms with Gasteiger partial charge in [-0.1, -0.05) is 12.1 Å². The molecule has 0 saturated carbocycles. The lowest BCUT2D eigenvalue weighted by Crippen LogP contribution is -2.43. The Balaban J connectivity index is 1.51. The first kappa shape index (κ1) is 25.9. The fourth-order valence-electron chi connectivity index (χ4n) is 3.92. The van der Waals surface area contributed by atoms with Gasteiger partial charge < -0.3 is 14.8 Å². The minimum atomic E-state index is -3.60. The Morgan fingerprint density at radius 1 is 1.09 bits per heavy atom. The van der Waals surface area contributed by atoms with E-state index in [9.17, 15) is 22.0 Å². The average Bonchev–Trinajstić information content (AvgIpc) is 2.80. The minimum Gasteiger partial charge on any atom is -0.493 e. The fourth-order valence-corrected chi connectivity index (χ4v) is 5.48. The van der Waals surface area contributed by atoms with Gasteiger partial charge in [0, 0.05) is 25.6 Å². The van der Waals surface area contributed by atoms with E-state index in [1.165, 1.54) is 17.5 Å². The van der Waals surface area contributed by atoms with Crippen molar-refractivity contribution in [1.82, 2.24) is 9.62 Å². The summed E-state index contributed by atoms with van der Waals surface area (Å²) in [5, 5.41) is 2.86. The van der Waals surface area contributed by atoms with E-state index >= 15 is 0 Å². The number of amides is 1. The molecule has 3 rings (SSSR count). The lowest BCUT2D eigenvalue weighted by Gasteiger charge is -2.30. The molecule has 1 aliphatic rings. The highest BCUT2D eigenvalue weighted by molar-refractivity contribution is 7.89. The molecule has 2 aromatic carbocycles. The highest BCUT2D eigenvalue weighted by atomic mass is 32.2. The number of hydrogen-bond donors (Lipinski definition) is 1. The molecule has 1 amide bonds. The van der Waals surface area contributed by atoms with Gasteiger partial charge in [0.2, 0.25) is 15.9 Å². The third-order valence-corrected chi connectivity index (χ3v) is 7.99. The summed E-state index contributed by atoms with van der Waals surface area (Å²) in [4.78, 5) is 12.9. The number of halogens is 2. The zero-order chi connectivity index (χ0) is 24.9. The van der Waals surface area contributed by atoms with Crippen molar-refractivity contribution in [3.63, 3.8) is 0 Å². The monoisotopic (exact) mass is 496 g/mol. The van der Waals surface area contributed by atoms with Crippen molar-refractivity contribution in [1.29, 1.82) is 0 Å².